The highest BCUT2D eigenvalue weighted by Crippen LogP contribution is 2.33. The van der Waals surface area contributed by atoms with E-state index in [1.165, 1.54) is 12.1 Å². The van der Waals surface area contributed by atoms with E-state index in [0.29, 0.717) is 13.0 Å². The van der Waals surface area contributed by atoms with Gasteiger partial charge in [-0.25, -0.2) is 13.1 Å². The molecule has 3 N–H and O–H groups in total. The molecule has 0 spiro atoms. The van der Waals surface area contributed by atoms with Gasteiger partial charge in [0.2, 0.25) is 10.0 Å². The Morgan fingerprint density at radius 1 is 1.03 bits per heavy atom. The van der Waals surface area contributed by atoms with Crippen molar-refractivity contribution in [1.82, 2.24) is 9.29 Å². The first-order valence-corrected chi connectivity index (χ1v) is 12.4. The van der Waals surface area contributed by atoms with Crippen LogP contribution in [0.5, 0.6) is 0 Å². The van der Waals surface area contributed by atoms with Crippen LogP contribution < -0.4 is 10.5 Å². The van der Waals surface area contributed by atoms with E-state index in [4.69, 9.17) is 28.9 Å². The fourth-order valence-electron chi connectivity index (χ4n) is 3.87. The quantitative estimate of drug-likeness (QED) is 0.316. The number of fused-ring (bicyclic) bond motifs is 1. The molecule has 0 saturated carbocycles. The number of sulfonamides is 1. The third-order valence-corrected chi connectivity index (χ3v) is 7.68. The lowest BCUT2D eigenvalue weighted by molar-refractivity contribution is 0.492. The topological polar surface area (TPSA) is 77.1 Å². The van der Waals surface area contributed by atoms with Gasteiger partial charge in [-0.05, 0) is 30.2 Å². The van der Waals surface area contributed by atoms with Crippen LogP contribution in [0.1, 0.15) is 13.3 Å². The smallest absolute Gasteiger partial charge is 0.244 e. The van der Waals surface area contributed by atoms with Crippen LogP contribution in [0.15, 0.2) is 77.8 Å². The first kappa shape index (κ1) is 22.7. The summed E-state index contributed by atoms with van der Waals surface area (Å²) in [7, 11) is -3.95. The summed E-state index contributed by atoms with van der Waals surface area (Å²) in [5.74, 6) is 0. The van der Waals surface area contributed by atoms with E-state index in [0.717, 1.165) is 22.0 Å². The van der Waals surface area contributed by atoms with E-state index in [1.807, 2.05) is 43.3 Å². The number of nitrogens with zero attached hydrogens (tertiary/aromatic N) is 1. The normalized spacial score (nSPS) is 12.8. The largest absolute Gasteiger partial charge is 0.398 e. The van der Waals surface area contributed by atoms with Gasteiger partial charge in [-0.15, -0.1) is 0 Å². The van der Waals surface area contributed by atoms with E-state index in [-0.39, 0.29) is 26.7 Å². The van der Waals surface area contributed by atoms with Gasteiger partial charge < -0.3 is 10.3 Å². The molecule has 0 amide bonds. The van der Waals surface area contributed by atoms with Crippen molar-refractivity contribution in [2.75, 3.05) is 5.73 Å². The monoisotopic (exact) mass is 487 g/mol. The Morgan fingerprint density at radius 3 is 2.41 bits per heavy atom. The Morgan fingerprint density at radius 2 is 1.72 bits per heavy atom. The minimum absolute atomic E-state index is 0.00451. The number of nitrogens with two attached hydrogens (primary N) is 1. The molecule has 4 rings (SSSR count). The molecule has 8 heteroatoms. The average molecular weight is 488 g/mol. The molecule has 1 aromatic heterocycles. The molecular weight excluding hydrogens is 465 g/mol. The van der Waals surface area contributed by atoms with Crippen LogP contribution in [0.4, 0.5) is 5.69 Å². The van der Waals surface area contributed by atoms with Gasteiger partial charge in [0.15, 0.2) is 0 Å². The zero-order valence-electron chi connectivity index (χ0n) is 17.4. The van der Waals surface area contributed by atoms with Crippen molar-refractivity contribution < 1.29 is 8.42 Å². The Balaban J connectivity index is 1.68. The molecule has 3 aromatic carbocycles. The highest BCUT2D eigenvalue weighted by molar-refractivity contribution is 7.89. The summed E-state index contributed by atoms with van der Waals surface area (Å²) in [6.07, 6.45) is 2.65. The van der Waals surface area contributed by atoms with Crippen molar-refractivity contribution in [3.63, 3.8) is 0 Å². The van der Waals surface area contributed by atoms with E-state index < -0.39 is 10.0 Å². The molecule has 0 radical (unpaired) electrons. The Labute approximate surface area is 197 Å². The summed E-state index contributed by atoms with van der Waals surface area (Å²) >= 11 is 12.1. The predicted molar refractivity (Wildman–Crippen MR) is 133 cm³/mol. The molecule has 5 nitrogen and oxygen atoms in total. The lowest BCUT2D eigenvalue weighted by Gasteiger charge is -2.20. The highest BCUT2D eigenvalue weighted by Gasteiger charge is 2.25. The number of nitrogens with one attached hydrogen (secondary N) is 1. The van der Waals surface area contributed by atoms with Gasteiger partial charge in [0, 0.05) is 40.3 Å². The molecule has 0 fully saturated rings. The molecule has 0 aliphatic heterocycles. The Kier molecular flexibility index (Phi) is 6.49. The number of benzene rings is 3. The third kappa shape index (κ3) is 4.50. The van der Waals surface area contributed by atoms with Crippen LogP contribution in [-0.2, 0) is 16.6 Å². The molecule has 166 valence electrons. The summed E-state index contributed by atoms with van der Waals surface area (Å²) in [6.45, 7) is 2.39. The van der Waals surface area contributed by atoms with E-state index >= 15 is 0 Å². The summed E-state index contributed by atoms with van der Waals surface area (Å²) in [5, 5.41) is 1.39. The lowest BCUT2D eigenvalue weighted by Crippen LogP contribution is -2.37. The maximum atomic E-state index is 13.1. The van der Waals surface area contributed by atoms with E-state index in [1.54, 1.807) is 0 Å². The molecule has 0 aliphatic carbocycles. The zero-order chi connectivity index (χ0) is 22.9. The van der Waals surface area contributed by atoms with Gasteiger partial charge in [-0.2, -0.15) is 0 Å². The van der Waals surface area contributed by atoms with E-state index in [9.17, 15) is 8.42 Å². The first-order valence-electron chi connectivity index (χ1n) is 10.2. The van der Waals surface area contributed by atoms with Crippen molar-refractivity contribution in [2.45, 2.75) is 30.8 Å². The Hall–Kier alpha value is -2.51. The summed E-state index contributed by atoms with van der Waals surface area (Å²) in [5.41, 5.74) is 9.19. The van der Waals surface area contributed by atoms with Crippen LogP contribution in [-0.4, -0.2) is 19.0 Å². The summed E-state index contributed by atoms with van der Waals surface area (Å²) in [6, 6.07) is 20.6. The minimum Gasteiger partial charge on any atom is -0.398 e. The number of anilines is 1. The van der Waals surface area contributed by atoms with Crippen molar-refractivity contribution in [2.24, 2.45) is 0 Å². The second kappa shape index (κ2) is 9.16. The molecule has 1 heterocycles. The van der Waals surface area contributed by atoms with Crippen molar-refractivity contribution in [3.8, 4) is 11.1 Å². The molecular formula is C24H23Cl2N3O2S. The van der Waals surface area contributed by atoms with Gasteiger partial charge in [0.05, 0.1) is 10.7 Å². The summed E-state index contributed by atoms with van der Waals surface area (Å²) in [4.78, 5) is -0.149. The van der Waals surface area contributed by atoms with Crippen LogP contribution in [0.3, 0.4) is 0 Å². The average Bonchev–Trinajstić information content (AvgIpc) is 3.11. The maximum Gasteiger partial charge on any atom is 0.244 e. The second-order valence-corrected chi connectivity index (χ2v) is 10.1. The number of rotatable bonds is 7. The van der Waals surface area contributed by atoms with Crippen molar-refractivity contribution in [3.05, 3.63) is 83.0 Å². The van der Waals surface area contributed by atoms with E-state index in [2.05, 4.69) is 33.7 Å². The molecule has 0 saturated heterocycles. The number of para-hydroxylation sites is 1. The first-order chi connectivity index (χ1) is 15.3. The summed E-state index contributed by atoms with van der Waals surface area (Å²) < 4.78 is 31.1. The number of halogens is 2. The zero-order valence-corrected chi connectivity index (χ0v) is 19.8. The predicted octanol–water partition coefficient (Wildman–Crippen LogP) is 5.95. The molecule has 0 aliphatic rings. The highest BCUT2D eigenvalue weighted by atomic mass is 35.5. The molecule has 32 heavy (non-hydrogen) atoms. The SMILES string of the molecule is CCC(Cn1cc(-c2ccccc2)c2ccccc21)NS(=O)(=O)c1c(N)cc(Cl)cc1Cl. The second-order valence-electron chi connectivity index (χ2n) is 7.61. The number of nitrogen functional groups attached to an aromatic ring is 1. The number of hydrogen-bond donors (Lipinski definition) is 2. The molecule has 1 unspecified atom stereocenters. The van der Waals surface area contributed by atoms with Gasteiger partial charge in [0.25, 0.3) is 0 Å². The third-order valence-electron chi connectivity index (χ3n) is 5.41. The standard InChI is InChI=1S/C24H23Cl2N3O2S/c1-2-18(28-32(30,31)24-21(26)12-17(25)13-22(24)27)14-29-15-20(16-8-4-3-5-9-16)19-10-6-7-11-23(19)29/h3-13,15,18,28H,2,14,27H2,1H3. The van der Waals surface area contributed by atoms with Gasteiger partial charge >= 0.3 is 0 Å². The number of hydrogen-bond acceptors (Lipinski definition) is 3. The molecule has 4 aromatic rings. The van der Waals surface area contributed by atoms with Gasteiger partial charge in [-0.1, -0.05) is 78.7 Å². The molecule has 0 bridgehead atoms. The van der Waals surface area contributed by atoms with Crippen LogP contribution in [0.2, 0.25) is 10.0 Å². The maximum absolute atomic E-state index is 13.1. The van der Waals surface area contributed by atoms with Crippen LogP contribution >= 0.6 is 23.2 Å². The van der Waals surface area contributed by atoms with Crippen molar-refractivity contribution >= 4 is 49.8 Å². The fraction of sp³-hybridized carbons (Fsp3) is 0.167. The van der Waals surface area contributed by atoms with Gasteiger partial charge in [0.1, 0.15) is 4.90 Å². The lowest BCUT2D eigenvalue weighted by atomic mass is 10.1. The van der Waals surface area contributed by atoms with Crippen LogP contribution in [0.25, 0.3) is 22.0 Å². The Bertz CT molecular complexity index is 1350. The van der Waals surface area contributed by atoms with Crippen LogP contribution in [0, 0.1) is 0 Å². The fourth-order valence-corrected chi connectivity index (χ4v) is 6.17. The minimum atomic E-state index is -3.95. The van der Waals surface area contributed by atoms with Crippen molar-refractivity contribution in [1.29, 1.82) is 0 Å². The molecule has 1 atom stereocenters. The van der Waals surface area contributed by atoms with Gasteiger partial charge in [-0.3, -0.25) is 0 Å². The number of aromatic nitrogens is 1.